The summed E-state index contributed by atoms with van der Waals surface area (Å²) >= 11 is 0. The Morgan fingerprint density at radius 2 is 2.05 bits per heavy atom. The highest BCUT2D eigenvalue weighted by molar-refractivity contribution is 5.79. The van der Waals surface area contributed by atoms with Gasteiger partial charge in [-0.3, -0.25) is 4.79 Å². The van der Waals surface area contributed by atoms with Gasteiger partial charge in [-0.25, -0.2) is 0 Å². The molecule has 2 N–H and O–H groups in total. The van der Waals surface area contributed by atoms with Gasteiger partial charge in [-0.1, -0.05) is 18.6 Å². The quantitative estimate of drug-likeness (QED) is 0.906. The molecular formula is C17H26N2O2. The van der Waals surface area contributed by atoms with Gasteiger partial charge in [-0.05, 0) is 43.9 Å². The molecule has 1 amide bonds. The van der Waals surface area contributed by atoms with E-state index >= 15 is 0 Å². The van der Waals surface area contributed by atoms with Crippen molar-refractivity contribution in [3.8, 4) is 5.75 Å². The van der Waals surface area contributed by atoms with Gasteiger partial charge in [-0.2, -0.15) is 0 Å². The van der Waals surface area contributed by atoms with Crippen LogP contribution in [0.15, 0.2) is 24.3 Å². The van der Waals surface area contributed by atoms with E-state index in [0.717, 1.165) is 43.5 Å². The number of rotatable bonds is 5. The van der Waals surface area contributed by atoms with Crippen molar-refractivity contribution in [1.29, 1.82) is 0 Å². The van der Waals surface area contributed by atoms with Crippen LogP contribution in [0.2, 0.25) is 0 Å². The van der Waals surface area contributed by atoms with E-state index in [0.29, 0.717) is 6.54 Å². The van der Waals surface area contributed by atoms with Crippen LogP contribution in [-0.4, -0.2) is 30.5 Å². The molecule has 0 saturated heterocycles. The zero-order valence-corrected chi connectivity index (χ0v) is 13.0. The summed E-state index contributed by atoms with van der Waals surface area (Å²) in [6.07, 6.45) is 3.93. The molecule has 2 unspecified atom stereocenters. The fraction of sp³-hybridized carbons (Fsp3) is 0.588. The Hall–Kier alpha value is -1.55. The SMILES string of the molecule is CCN(Cc1ccc(OC)cc1)C(=O)C1CCCC(N)C1. The number of benzene rings is 1. The minimum Gasteiger partial charge on any atom is -0.497 e. The normalized spacial score (nSPS) is 21.9. The lowest BCUT2D eigenvalue weighted by Crippen LogP contribution is -2.40. The molecule has 1 aromatic carbocycles. The number of nitrogens with zero attached hydrogens (tertiary/aromatic N) is 1. The third-order valence-electron chi connectivity index (χ3n) is 4.29. The highest BCUT2D eigenvalue weighted by Crippen LogP contribution is 2.25. The monoisotopic (exact) mass is 290 g/mol. The van der Waals surface area contributed by atoms with Crippen molar-refractivity contribution in [3.05, 3.63) is 29.8 Å². The molecule has 2 rings (SSSR count). The summed E-state index contributed by atoms with van der Waals surface area (Å²) < 4.78 is 5.16. The molecule has 116 valence electrons. The minimum absolute atomic E-state index is 0.104. The van der Waals surface area contributed by atoms with Crippen LogP contribution in [0.3, 0.4) is 0 Å². The first-order chi connectivity index (χ1) is 10.1. The molecule has 0 spiro atoms. The van der Waals surface area contributed by atoms with E-state index < -0.39 is 0 Å². The molecule has 1 saturated carbocycles. The van der Waals surface area contributed by atoms with Crippen molar-refractivity contribution >= 4 is 5.91 Å². The van der Waals surface area contributed by atoms with Gasteiger partial charge in [0.15, 0.2) is 0 Å². The third-order valence-corrected chi connectivity index (χ3v) is 4.29. The smallest absolute Gasteiger partial charge is 0.226 e. The lowest BCUT2D eigenvalue weighted by molar-refractivity contribution is -0.137. The molecular weight excluding hydrogens is 264 g/mol. The molecule has 4 heteroatoms. The highest BCUT2D eigenvalue weighted by atomic mass is 16.5. The summed E-state index contributed by atoms with van der Waals surface area (Å²) in [5, 5.41) is 0. The van der Waals surface area contributed by atoms with Crippen molar-refractivity contribution in [2.24, 2.45) is 11.7 Å². The number of carbonyl (C=O) groups is 1. The number of nitrogens with two attached hydrogens (primary N) is 1. The Morgan fingerprint density at radius 3 is 2.62 bits per heavy atom. The number of ether oxygens (including phenoxy) is 1. The van der Waals surface area contributed by atoms with Crippen molar-refractivity contribution < 1.29 is 9.53 Å². The maximum Gasteiger partial charge on any atom is 0.226 e. The number of hydrogen-bond donors (Lipinski definition) is 1. The first-order valence-corrected chi connectivity index (χ1v) is 7.81. The van der Waals surface area contributed by atoms with Gasteiger partial charge in [-0.15, -0.1) is 0 Å². The van der Waals surface area contributed by atoms with Crippen LogP contribution in [0.5, 0.6) is 5.75 Å². The van der Waals surface area contributed by atoms with Crippen LogP contribution in [-0.2, 0) is 11.3 Å². The van der Waals surface area contributed by atoms with Crippen LogP contribution in [0.25, 0.3) is 0 Å². The molecule has 21 heavy (non-hydrogen) atoms. The highest BCUT2D eigenvalue weighted by Gasteiger charge is 2.28. The molecule has 4 nitrogen and oxygen atoms in total. The number of carbonyl (C=O) groups excluding carboxylic acids is 1. The zero-order chi connectivity index (χ0) is 15.2. The second-order valence-corrected chi connectivity index (χ2v) is 5.82. The van der Waals surface area contributed by atoms with E-state index in [-0.39, 0.29) is 17.9 Å². The van der Waals surface area contributed by atoms with Crippen LogP contribution in [0.4, 0.5) is 0 Å². The standard InChI is InChI=1S/C17H26N2O2/c1-3-19(12-13-7-9-16(21-2)10-8-13)17(20)14-5-4-6-15(18)11-14/h7-10,14-15H,3-6,11-12,18H2,1-2H3. The van der Waals surface area contributed by atoms with Gasteiger partial charge in [0.1, 0.15) is 5.75 Å². The van der Waals surface area contributed by atoms with Crippen LogP contribution in [0.1, 0.15) is 38.2 Å². The molecule has 1 fully saturated rings. The van der Waals surface area contributed by atoms with Gasteiger partial charge >= 0.3 is 0 Å². The van der Waals surface area contributed by atoms with Crippen LogP contribution >= 0.6 is 0 Å². The van der Waals surface area contributed by atoms with Crippen LogP contribution < -0.4 is 10.5 Å². The van der Waals surface area contributed by atoms with Gasteiger partial charge in [0.05, 0.1) is 7.11 Å². The van der Waals surface area contributed by atoms with Gasteiger partial charge in [0, 0.05) is 25.0 Å². The molecule has 1 aliphatic rings. The lowest BCUT2D eigenvalue weighted by Gasteiger charge is -2.31. The van der Waals surface area contributed by atoms with E-state index in [2.05, 4.69) is 0 Å². The maximum absolute atomic E-state index is 12.6. The average molecular weight is 290 g/mol. The molecule has 0 bridgehead atoms. The van der Waals surface area contributed by atoms with E-state index in [1.165, 1.54) is 0 Å². The maximum atomic E-state index is 12.6. The summed E-state index contributed by atoms with van der Waals surface area (Å²) in [7, 11) is 1.66. The second kappa shape index (κ2) is 7.46. The van der Waals surface area contributed by atoms with Crippen molar-refractivity contribution in [1.82, 2.24) is 4.90 Å². The first-order valence-electron chi connectivity index (χ1n) is 7.81. The van der Waals surface area contributed by atoms with Gasteiger partial charge in [0.2, 0.25) is 5.91 Å². The fourth-order valence-corrected chi connectivity index (χ4v) is 3.01. The summed E-state index contributed by atoms with van der Waals surface area (Å²) in [5.74, 6) is 1.20. The number of hydrogen-bond acceptors (Lipinski definition) is 3. The minimum atomic E-state index is 0.104. The van der Waals surface area contributed by atoms with Crippen molar-refractivity contribution in [2.45, 2.75) is 45.2 Å². The summed E-state index contributed by atoms with van der Waals surface area (Å²) in [6, 6.07) is 8.09. The summed E-state index contributed by atoms with van der Waals surface area (Å²) in [5.41, 5.74) is 7.14. The number of amides is 1. The molecule has 2 atom stereocenters. The first kappa shape index (κ1) is 15.8. The topological polar surface area (TPSA) is 55.6 Å². The summed E-state index contributed by atoms with van der Waals surface area (Å²) in [6.45, 7) is 3.42. The van der Waals surface area contributed by atoms with Crippen molar-refractivity contribution in [3.63, 3.8) is 0 Å². The molecule has 0 radical (unpaired) electrons. The van der Waals surface area contributed by atoms with E-state index in [1.54, 1.807) is 7.11 Å². The zero-order valence-electron chi connectivity index (χ0n) is 13.0. The Bertz CT molecular complexity index is 458. The summed E-state index contributed by atoms with van der Waals surface area (Å²) in [4.78, 5) is 14.6. The van der Waals surface area contributed by atoms with Gasteiger partial charge in [0.25, 0.3) is 0 Å². The Balaban J connectivity index is 1.99. The van der Waals surface area contributed by atoms with Crippen molar-refractivity contribution in [2.75, 3.05) is 13.7 Å². The predicted octanol–water partition coefficient (Wildman–Crippen LogP) is 2.56. The fourth-order valence-electron chi connectivity index (χ4n) is 3.01. The molecule has 0 aliphatic heterocycles. The van der Waals surface area contributed by atoms with Crippen LogP contribution in [0, 0.1) is 5.92 Å². The Kier molecular flexibility index (Phi) is 5.62. The van der Waals surface area contributed by atoms with E-state index in [9.17, 15) is 4.79 Å². The molecule has 0 aromatic heterocycles. The second-order valence-electron chi connectivity index (χ2n) is 5.82. The molecule has 1 aromatic rings. The van der Waals surface area contributed by atoms with Gasteiger partial charge < -0.3 is 15.4 Å². The third kappa shape index (κ3) is 4.21. The van der Waals surface area contributed by atoms with E-state index in [1.807, 2.05) is 36.1 Å². The average Bonchev–Trinajstić information content (AvgIpc) is 2.52. The number of methoxy groups -OCH3 is 1. The van der Waals surface area contributed by atoms with E-state index in [4.69, 9.17) is 10.5 Å². The predicted molar refractivity (Wildman–Crippen MR) is 84.0 cm³/mol. The lowest BCUT2D eigenvalue weighted by atomic mass is 9.85. The Morgan fingerprint density at radius 1 is 1.33 bits per heavy atom. The molecule has 1 aliphatic carbocycles. The Labute approximate surface area is 127 Å². The largest absolute Gasteiger partial charge is 0.497 e. The molecule has 0 heterocycles.